The van der Waals surface area contributed by atoms with Gasteiger partial charge in [0, 0.05) is 38.4 Å². The van der Waals surface area contributed by atoms with Crippen molar-refractivity contribution in [2.24, 2.45) is 14.1 Å². The molecule has 0 saturated heterocycles. The van der Waals surface area contributed by atoms with Gasteiger partial charge in [0.15, 0.2) is 0 Å². The molecule has 3 aromatic rings. The van der Waals surface area contributed by atoms with E-state index in [0.29, 0.717) is 16.8 Å². The zero-order chi connectivity index (χ0) is 23.6. The second-order valence-electron chi connectivity index (χ2n) is 7.46. The van der Waals surface area contributed by atoms with E-state index in [9.17, 15) is 14.4 Å². The molecule has 8 heteroatoms. The van der Waals surface area contributed by atoms with E-state index >= 15 is 0 Å². The molecule has 0 fully saturated rings. The number of rotatable bonds is 7. The number of esters is 1. The van der Waals surface area contributed by atoms with Gasteiger partial charge in [-0.15, -0.1) is 0 Å². The Morgan fingerprint density at radius 1 is 1.12 bits per heavy atom. The summed E-state index contributed by atoms with van der Waals surface area (Å²) in [5, 5.41) is 0.196. The van der Waals surface area contributed by atoms with Gasteiger partial charge in [-0.1, -0.05) is 24.8 Å². The fraction of sp³-hybridized carbons (Fsp3) is 0.333. The van der Waals surface area contributed by atoms with E-state index in [1.807, 2.05) is 24.3 Å². The minimum Gasteiger partial charge on any atom is -0.458 e. The summed E-state index contributed by atoms with van der Waals surface area (Å²) in [4.78, 5) is 45.3. The normalized spacial score (nSPS) is 10.9. The molecule has 3 rings (SSSR count). The van der Waals surface area contributed by atoms with Crippen LogP contribution >= 0.6 is 0 Å². The molecule has 2 heterocycles. The van der Waals surface area contributed by atoms with Gasteiger partial charge in [0.1, 0.15) is 12.3 Å². The highest BCUT2D eigenvalue weighted by Gasteiger charge is 2.25. The summed E-state index contributed by atoms with van der Waals surface area (Å²) in [6.07, 6.45) is 1.48. The predicted molar refractivity (Wildman–Crippen MR) is 126 cm³/mol. The number of aromatic nitrogens is 3. The number of benzene rings is 1. The average molecular weight is 437 g/mol. The number of hydrogen-bond donors (Lipinski definition) is 0. The third-order valence-electron chi connectivity index (χ3n) is 5.59. The number of carbonyl (C=O) groups is 1. The highest BCUT2D eigenvalue weighted by molar-refractivity contribution is 6.07. The van der Waals surface area contributed by atoms with Gasteiger partial charge in [-0.2, -0.15) is 0 Å². The van der Waals surface area contributed by atoms with E-state index in [1.165, 1.54) is 17.7 Å². The maximum atomic E-state index is 13.2. The number of ether oxygens (including phenoxy) is 1. The lowest BCUT2D eigenvalue weighted by Gasteiger charge is -2.22. The summed E-state index contributed by atoms with van der Waals surface area (Å²) < 4.78 is 7.64. The smallest absolute Gasteiger partial charge is 0.340 e. The second-order valence-corrected chi connectivity index (χ2v) is 7.46. The van der Waals surface area contributed by atoms with Crippen LogP contribution in [0.15, 0.2) is 46.5 Å². The van der Waals surface area contributed by atoms with Gasteiger partial charge < -0.3 is 9.64 Å². The zero-order valence-corrected chi connectivity index (χ0v) is 19.1. The van der Waals surface area contributed by atoms with Crippen molar-refractivity contribution in [1.82, 2.24) is 14.1 Å². The first kappa shape index (κ1) is 23.0. The van der Waals surface area contributed by atoms with Crippen LogP contribution in [0.2, 0.25) is 0 Å². The fourth-order valence-electron chi connectivity index (χ4n) is 3.88. The Labute approximate surface area is 186 Å². The van der Waals surface area contributed by atoms with Crippen LogP contribution in [0, 0.1) is 6.92 Å². The van der Waals surface area contributed by atoms with E-state index in [4.69, 9.17) is 4.74 Å². The van der Waals surface area contributed by atoms with Crippen LogP contribution in [0.3, 0.4) is 0 Å². The molecule has 0 aliphatic rings. The van der Waals surface area contributed by atoms with Crippen LogP contribution in [0.4, 0.5) is 5.69 Å². The van der Waals surface area contributed by atoms with Gasteiger partial charge in [0.2, 0.25) is 0 Å². The lowest BCUT2D eigenvalue weighted by atomic mass is 9.95. The number of nitrogens with zero attached hydrogens (tertiary/aromatic N) is 4. The van der Waals surface area contributed by atoms with Crippen molar-refractivity contribution in [1.29, 1.82) is 0 Å². The van der Waals surface area contributed by atoms with Crippen molar-refractivity contribution in [3.8, 4) is 11.1 Å². The lowest BCUT2D eigenvalue weighted by molar-refractivity contribution is 0.0549. The van der Waals surface area contributed by atoms with E-state index < -0.39 is 17.2 Å². The van der Waals surface area contributed by atoms with E-state index in [2.05, 4.69) is 30.3 Å². The Morgan fingerprint density at radius 2 is 1.75 bits per heavy atom. The Kier molecular flexibility index (Phi) is 6.62. The lowest BCUT2D eigenvalue weighted by Crippen LogP contribution is -2.38. The summed E-state index contributed by atoms with van der Waals surface area (Å²) in [7, 11) is 2.96. The minimum absolute atomic E-state index is 0.0297. The molecule has 0 spiro atoms. The maximum absolute atomic E-state index is 13.2. The summed E-state index contributed by atoms with van der Waals surface area (Å²) in [6.45, 7) is 11.1. The quantitative estimate of drug-likeness (QED) is 0.418. The van der Waals surface area contributed by atoms with E-state index in [1.54, 1.807) is 14.0 Å². The number of pyridine rings is 1. The Morgan fingerprint density at radius 3 is 2.31 bits per heavy atom. The highest BCUT2D eigenvalue weighted by atomic mass is 16.5. The van der Waals surface area contributed by atoms with Crippen LogP contribution in [0.5, 0.6) is 0 Å². The zero-order valence-electron chi connectivity index (χ0n) is 19.1. The van der Waals surface area contributed by atoms with Gasteiger partial charge >= 0.3 is 11.7 Å². The Bertz CT molecular complexity index is 1300. The van der Waals surface area contributed by atoms with Crippen molar-refractivity contribution in [2.45, 2.75) is 20.8 Å². The molecular formula is C24H28N4O4. The third-order valence-corrected chi connectivity index (χ3v) is 5.59. The molecule has 0 saturated carbocycles. The van der Waals surface area contributed by atoms with E-state index in [0.717, 1.165) is 23.3 Å². The van der Waals surface area contributed by atoms with Crippen LogP contribution in [0.25, 0.3) is 22.2 Å². The molecule has 0 N–H and O–H groups in total. The van der Waals surface area contributed by atoms with Crippen LogP contribution < -0.4 is 16.1 Å². The molecule has 0 bridgehead atoms. The molecule has 0 atom stereocenters. The fourth-order valence-corrected chi connectivity index (χ4v) is 3.88. The SMILES string of the molecule is C=CCOC(=O)c1c(C)nc2c(c1-c1ccc(N(CC)CC)cc1)c(=O)n(C)c(=O)n2C. The molecule has 0 amide bonds. The molecule has 0 unspecified atom stereocenters. The molecule has 168 valence electrons. The van der Waals surface area contributed by atoms with Crippen molar-refractivity contribution >= 4 is 22.7 Å². The van der Waals surface area contributed by atoms with Gasteiger partial charge in [0.25, 0.3) is 5.56 Å². The monoisotopic (exact) mass is 436 g/mol. The summed E-state index contributed by atoms with van der Waals surface area (Å²) >= 11 is 0. The summed E-state index contributed by atoms with van der Waals surface area (Å²) in [5.74, 6) is -0.601. The first-order chi connectivity index (χ1) is 15.3. The standard InChI is InChI=1S/C24H28N4O4/c1-7-14-32-23(30)18-15(4)25-21-20(22(29)27(6)24(31)26(21)5)19(18)16-10-12-17(13-11-16)28(8-2)9-3/h7,10-13H,1,8-9,14H2,2-6H3. The molecule has 8 nitrogen and oxygen atoms in total. The molecule has 0 aliphatic heterocycles. The highest BCUT2D eigenvalue weighted by Crippen LogP contribution is 2.32. The van der Waals surface area contributed by atoms with Gasteiger partial charge in [-0.3, -0.25) is 13.9 Å². The number of hydrogen-bond acceptors (Lipinski definition) is 6. The minimum atomic E-state index is -0.601. The summed E-state index contributed by atoms with van der Waals surface area (Å²) in [5.41, 5.74) is 1.89. The van der Waals surface area contributed by atoms with Crippen molar-refractivity contribution in [3.63, 3.8) is 0 Å². The molecule has 2 aromatic heterocycles. The second kappa shape index (κ2) is 9.21. The number of anilines is 1. The average Bonchev–Trinajstić information content (AvgIpc) is 2.80. The van der Waals surface area contributed by atoms with E-state index in [-0.39, 0.29) is 23.2 Å². The Balaban J connectivity index is 2.42. The molecule has 1 aromatic carbocycles. The number of aryl methyl sites for hydroxylation is 2. The Hall–Kier alpha value is -3.68. The predicted octanol–water partition coefficient (Wildman–Crippen LogP) is 2.80. The van der Waals surface area contributed by atoms with Crippen LogP contribution in [-0.2, 0) is 18.8 Å². The van der Waals surface area contributed by atoms with Gasteiger partial charge in [-0.25, -0.2) is 14.6 Å². The van der Waals surface area contributed by atoms with Gasteiger partial charge in [0.05, 0.1) is 16.6 Å². The van der Waals surface area contributed by atoms with Crippen molar-refractivity contribution in [3.05, 3.63) is 69.0 Å². The van der Waals surface area contributed by atoms with Gasteiger partial charge in [-0.05, 0) is 38.5 Å². The summed E-state index contributed by atoms with van der Waals surface area (Å²) in [6, 6.07) is 7.65. The largest absolute Gasteiger partial charge is 0.458 e. The van der Waals surface area contributed by atoms with Crippen LogP contribution in [-0.4, -0.2) is 39.8 Å². The van der Waals surface area contributed by atoms with Crippen molar-refractivity contribution in [2.75, 3.05) is 24.6 Å². The third kappa shape index (κ3) is 3.84. The first-order valence-electron chi connectivity index (χ1n) is 10.5. The maximum Gasteiger partial charge on any atom is 0.340 e. The number of fused-ring (bicyclic) bond motifs is 1. The topological polar surface area (TPSA) is 86.4 Å². The molecular weight excluding hydrogens is 408 g/mol. The first-order valence-corrected chi connectivity index (χ1v) is 10.5. The number of carbonyl (C=O) groups excluding carboxylic acids is 1. The molecule has 0 aliphatic carbocycles. The van der Waals surface area contributed by atoms with Crippen molar-refractivity contribution < 1.29 is 9.53 Å². The van der Waals surface area contributed by atoms with Crippen LogP contribution in [0.1, 0.15) is 29.9 Å². The molecule has 0 radical (unpaired) electrons. The molecule has 32 heavy (non-hydrogen) atoms.